The summed E-state index contributed by atoms with van der Waals surface area (Å²) < 4.78 is 1.22. The molecule has 0 aromatic heterocycles. The van der Waals surface area contributed by atoms with Crippen LogP contribution in [0.1, 0.15) is 37.3 Å². The smallest absolute Gasteiger partial charge is 0.0210 e. The fourth-order valence-corrected chi connectivity index (χ4v) is 2.07. The van der Waals surface area contributed by atoms with Crippen molar-refractivity contribution in [3.05, 3.63) is 33.8 Å². The molecule has 1 aromatic rings. The third-order valence-electron chi connectivity index (χ3n) is 2.52. The van der Waals surface area contributed by atoms with Gasteiger partial charge in [-0.3, -0.25) is 0 Å². The average molecular weight is 256 g/mol. The van der Waals surface area contributed by atoms with E-state index in [0.29, 0.717) is 12.5 Å². The lowest BCUT2D eigenvalue weighted by Gasteiger charge is -2.11. The highest BCUT2D eigenvalue weighted by Crippen LogP contribution is 2.23. The van der Waals surface area contributed by atoms with E-state index in [9.17, 15) is 0 Å². The lowest BCUT2D eigenvalue weighted by Crippen LogP contribution is -2.08. The molecule has 1 nitrogen and oxygen atoms in total. The topological polar surface area (TPSA) is 26.0 Å². The van der Waals surface area contributed by atoms with Crippen molar-refractivity contribution in [2.24, 2.45) is 5.73 Å². The summed E-state index contributed by atoms with van der Waals surface area (Å²) in [4.78, 5) is 0. The molecule has 0 fully saturated rings. The zero-order chi connectivity index (χ0) is 10.6. The second-order valence-electron chi connectivity index (χ2n) is 3.74. The Hall–Kier alpha value is -0.340. The number of halogens is 1. The molecule has 1 rings (SSSR count). The summed E-state index contributed by atoms with van der Waals surface area (Å²) in [7, 11) is 0. The van der Waals surface area contributed by atoms with E-state index in [1.165, 1.54) is 22.0 Å². The van der Waals surface area contributed by atoms with Crippen LogP contribution in [0.4, 0.5) is 0 Å². The van der Waals surface area contributed by atoms with E-state index in [1.807, 2.05) is 0 Å². The van der Waals surface area contributed by atoms with Crippen LogP contribution in [0.2, 0.25) is 0 Å². The molecule has 0 bridgehead atoms. The lowest BCUT2D eigenvalue weighted by atomic mass is 9.99. The van der Waals surface area contributed by atoms with Gasteiger partial charge in [-0.15, -0.1) is 0 Å². The molecule has 0 aliphatic heterocycles. The number of hydrogen-bond donors (Lipinski definition) is 1. The van der Waals surface area contributed by atoms with Crippen LogP contribution in [0, 0.1) is 0 Å². The third kappa shape index (κ3) is 2.82. The fraction of sp³-hybridized carbons (Fsp3) is 0.500. The Morgan fingerprint density at radius 2 is 2.14 bits per heavy atom. The molecule has 0 saturated heterocycles. The summed E-state index contributed by atoms with van der Waals surface area (Å²) in [6.45, 7) is 5.06. The van der Waals surface area contributed by atoms with Gasteiger partial charge in [-0.1, -0.05) is 48.3 Å². The van der Waals surface area contributed by atoms with E-state index in [-0.39, 0.29) is 0 Å². The highest BCUT2D eigenvalue weighted by Gasteiger charge is 2.05. The van der Waals surface area contributed by atoms with Crippen LogP contribution in [0.3, 0.4) is 0 Å². The fourth-order valence-electron chi connectivity index (χ4n) is 1.48. The van der Waals surface area contributed by atoms with Crippen molar-refractivity contribution in [1.82, 2.24) is 0 Å². The van der Waals surface area contributed by atoms with Crippen molar-refractivity contribution < 1.29 is 0 Å². The van der Waals surface area contributed by atoms with E-state index in [0.717, 1.165) is 6.42 Å². The van der Waals surface area contributed by atoms with Crippen LogP contribution in [0.5, 0.6) is 0 Å². The number of aryl methyl sites for hydroxylation is 1. The zero-order valence-corrected chi connectivity index (χ0v) is 10.5. The highest BCUT2D eigenvalue weighted by atomic mass is 79.9. The van der Waals surface area contributed by atoms with Gasteiger partial charge in [0.25, 0.3) is 0 Å². The molecule has 1 aromatic carbocycles. The number of benzene rings is 1. The first-order chi connectivity index (χ1) is 6.69. The maximum Gasteiger partial charge on any atom is 0.0210 e. The SMILES string of the molecule is CCCc1ccc(C(C)CN)cc1Br. The Balaban J connectivity index is 2.88. The van der Waals surface area contributed by atoms with Crippen molar-refractivity contribution in [2.45, 2.75) is 32.6 Å². The van der Waals surface area contributed by atoms with Crippen molar-refractivity contribution in [1.29, 1.82) is 0 Å². The van der Waals surface area contributed by atoms with Crippen molar-refractivity contribution >= 4 is 15.9 Å². The molecular formula is C12H18BrN. The molecule has 0 heterocycles. The van der Waals surface area contributed by atoms with Crippen molar-refractivity contribution in [3.63, 3.8) is 0 Å². The van der Waals surface area contributed by atoms with E-state index in [2.05, 4.69) is 48.0 Å². The van der Waals surface area contributed by atoms with E-state index in [1.54, 1.807) is 0 Å². The Morgan fingerprint density at radius 3 is 2.64 bits per heavy atom. The molecule has 1 unspecified atom stereocenters. The molecule has 78 valence electrons. The predicted molar refractivity (Wildman–Crippen MR) is 65.6 cm³/mol. The summed E-state index contributed by atoms with van der Waals surface area (Å²) in [5, 5.41) is 0. The second-order valence-corrected chi connectivity index (χ2v) is 4.59. The van der Waals surface area contributed by atoms with Crippen LogP contribution in [0.25, 0.3) is 0 Å². The maximum absolute atomic E-state index is 5.64. The molecule has 2 heteroatoms. The van der Waals surface area contributed by atoms with Gasteiger partial charge in [0.2, 0.25) is 0 Å². The van der Waals surface area contributed by atoms with Gasteiger partial charge in [-0.2, -0.15) is 0 Å². The Labute approximate surface area is 94.8 Å². The molecular weight excluding hydrogens is 238 g/mol. The standard InChI is InChI=1S/C12H18BrN/c1-3-4-10-5-6-11(7-12(10)13)9(2)8-14/h5-7,9H,3-4,8,14H2,1-2H3. The monoisotopic (exact) mass is 255 g/mol. The van der Waals surface area contributed by atoms with Gasteiger partial charge in [0.05, 0.1) is 0 Å². The van der Waals surface area contributed by atoms with Crippen LogP contribution in [0.15, 0.2) is 22.7 Å². The normalized spacial score (nSPS) is 12.9. The molecule has 0 spiro atoms. The summed E-state index contributed by atoms with van der Waals surface area (Å²) in [5.41, 5.74) is 8.34. The molecule has 0 radical (unpaired) electrons. The summed E-state index contributed by atoms with van der Waals surface area (Å²) >= 11 is 3.60. The Morgan fingerprint density at radius 1 is 1.43 bits per heavy atom. The van der Waals surface area contributed by atoms with Gasteiger partial charge in [0.1, 0.15) is 0 Å². The molecule has 14 heavy (non-hydrogen) atoms. The quantitative estimate of drug-likeness (QED) is 0.877. The van der Waals surface area contributed by atoms with Crippen molar-refractivity contribution in [2.75, 3.05) is 6.54 Å². The Bertz CT molecular complexity index is 296. The number of rotatable bonds is 4. The lowest BCUT2D eigenvalue weighted by molar-refractivity contribution is 0.772. The first-order valence-corrected chi connectivity index (χ1v) is 5.96. The van der Waals surface area contributed by atoms with Crippen LogP contribution in [-0.2, 0) is 6.42 Å². The second kappa shape index (κ2) is 5.52. The molecule has 0 saturated carbocycles. The van der Waals surface area contributed by atoms with E-state index < -0.39 is 0 Å². The summed E-state index contributed by atoms with van der Waals surface area (Å²) in [6, 6.07) is 6.59. The molecule has 0 aliphatic carbocycles. The minimum Gasteiger partial charge on any atom is -0.330 e. The van der Waals surface area contributed by atoms with Crippen LogP contribution >= 0.6 is 15.9 Å². The van der Waals surface area contributed by atoms with Gasteiger partial charge >= 0.3 is 0 Å². The Kier molecular flexibility index (Phi) is 4.63. The van der Waals surface area contributed by atoms with Gasteiger partial charge in [0, 0.05) is 4.47 Å². The minimum absolute atomic E-state index is 0.446. The predicted octanol–water partition coefficient (Wildman–Crippen LogP) is 3.46. The van der Waals surface area contributed by atoms with E-state index in [4.69, 9.17) is 5.73 Å². The minimum atomic E-state index is 0.446. The molecule has 0 amide bonds. The summed E-state index contributed by atoms with van der Waals surface area (Å²) in [5.74, 6) is 0.446. The third-order valence-corrected chi connectivity index (χ3v) is 3.26. The zero-order valence-electron chi connectivity index (χ0n) is 8.89. The van der Waals surface area contributed by atoms with E-state index >= 15 is 0 Å². The van der Waals surface area contributed by atoms with Crippen LogP contribution in [-0.4, -0.2) is 6.54 Å². The maximum atomic E-state index is 5.64. The number of hydrogen-bond acceptors (Lipinski definition) is 1. The average Bonchev–Trinajstić information content (AvgIpc) is 2.20. The first kappa shape index (κ1) is 11.7. The number of nitrogens with two attached hydrogens (primary N) is 1. The first-order valence-electron chi connectivity index (χ1n) is 5.17. The molecule has 0 aliphatic rings. The van der Waals surface area contributed by atoms with Crippen molar-refractivity contribution in [3.8, 4) is 0 Å². The summed E-state index contributed by atoms with van der Waals surface area (Å²) in [6.07, 6.45) is 2.32. The highest BCUT2D eigenvalue weighted by molar-refractivity contribution is 9.10. The molecule has 1 atom stereocenters. The largest absolute Gasteiger partial charge is 0.330 e. The van der Waals surface area contributed by atoms with Gasteiger partial charge in [0.15, 0.2) is 0 Å². The van der Waals surface area contributed by atoms with Gasteiger partial charge in [-0.05, 0) is 36.1 Å². The van der Waals surface area contributed by atoms with Gasteiger partial charge < -0.3 is 5.73 Å². The van der Waals surface area contributed by atoms with Gasteiger partial charge in [-0.25, -0.2) is 0 Å². The molecule has 2 N–H and O–H groups in total. The van der Waals surface area contributed by atoms with Crippen LogP contribution < -0.4 is 5.73 Å².